The van der Waals surface area contributed by atoms with Crippen molar-refractivity contribution in [2.24, 2.45) is 17.8 Å². The topological polar surface area (TPSA) is 289 Å². The SMILES string of the molecule is CCCCCCCCCCCCN1C(=O)C(C)[C@@H]([C@@H](O)CC[C@H](C(=O)NC)[C@H](OC2OC(CNC(=O)OC(C)(C)C)C(O)C2O)C2OC(n3ccc(=O)[nH]c3=O)C(O)C2O)C1=O. The summed E-state index contributed by atoms with van der Waals surface area (Å²) < 4.78 is 24.0. The molecule has 20 heteroatoms. The van der Waals surface area contributed by atoms with E-state index in [1.54, 1.807) is 27.7 Å². The predicted octanol–water partition coefficient (Wildman–Crippen LogP) is 0.558. The lowest BCUT2D eigenvalue weighted by atomic mass is 9.84. The highest BCUT2D eigenvalue weighted by molar-refractivity contribution is 6.05. The number of ether oxygens (including phenoxy) is 4. The molecule has 0 spiro atoms. The van der Waals surface area contributed by atoms with Crippen molar-refractivity contribution in [2.75, 3.05) is 20.1 Å². The number of aromatic nitrogens is 2. The Labute approximate surface area is 361 Å². The number of alkyl carbamates (subject to hydrolysis) is 1. The minimum Gasteiger partial charge on any atom is -0.444 e. The Hall–Kier alpha value is -3.76. The van der Waals surface area contributed by atoms with Crippen molar-refractivity contribution in [1.29, 1.82) is 0 Å². The van der Waals surface area contributed by atoms with Crippen LogP contribution >= 0.6 is 0 Å². The summed E-state index contributed by atoms with van der Waals surface area (Å²) in [5, 5.41) is 61.0. The highest BCUT2D eigenvalue weighted by Gasteiger charge is 2.54. The Morgan fingerprint density at radius 3 is 2.10 bits per heavy atom. The van der Waals surface area contributed by atoms with Gasteiger partial charge in [0.1, 0.15) is 48.3 Å². The van der Waals surface area contributed by atoms with Crippen LogP contribution in [-0.2, 0) is 33.3 Å². The van der Waals surface area contributed by atoms with Crippen LogP contribution in [0.2, 0.25) is 0 Å². The summed E-state index contributed by atoms with van der Waals surface area (Å²) in [5.74, 6) is -5.02. The van der Waals surface area contributed by atoms with E-state index >= 15 is 0 Å². The summed E-state index contributed by atoms with van der Waals surface area (Å²) in [4.78, 5) is 80.7. The standard InChI is InChI=1S/C42H69N5O15/c1-7-8-9-10-11-12-13-14-15-16-20-46-36(55)23(2)28(37(46)56)25(48)18-17-24(35(54)43-6)33(34-30(51)31(52)38(60-34)47-21-19-27(49)45-40(47)57)61-39-32(53)29(50)26(59-39)22-44-41(58)62-42(3,4)5/h19,21,23-26,28-34,38-39,48,50-53H,7-18,20,22H2,1-6H3,(H,43,54)(H,44,58)(H,45,49,57)/t23?,24-,25-,26?,28-,29?,30?,31?,32?,33-,34?,38?,39?/m0/s1. The van der Waals surface area contributed by atoms with Crippen LogP contribution in [0.4, 0.5) is 4.79 Å². The molecule has 0 aromatic carbocycles. The summed E-state index contributed by atoms with van der Waals surface area (Å²) in [6.07, 6.45) is -5.98. The number of likely N-dealkylation sites (tertiary alicyclic amines) is 1. The highest BCUT2D eigenvalue weighted by Crippen LogP contribution is 2.38. The normalized spacial score (nSPS) is 29.2. The Morgan fingerprint density at radius 1 is 0.871 bits per heavy atom. The summed E-state index contributed by atoms with van der Waals surface area (Å²) in [5.41, 5.74) is -2.56. The second kappa shape index (κ2) is 23.3. The average Bonchev–Trinajstić information content (AvgIpc) is 3.74. The van der Waals surface area contributed by atoms with Gasteiger partial charge in [-0.05, 0) is 40.0 Å². The summed E-state index contributed by atoms with van der Waals surface area (Å²) in [6, 6.07) is 0.990. The molecule has 9 unspecified atom stereocenters. The second-order valence-corrected chi connectivity index (χ2v) is 17.7. The van der Waals surface area contributed by atoms with Crippen molar-refractivity contribution in [3.63, 3.8) is 0 Å². The zero-order valence-electron chi connectivity index (χ0n) is 36.8. The number of carbonyl (C=O) groups excluding carboxylic acids is 4. The third-order valence-electron chi connectivity index (χ3n) is 11.8. The molecule has 62 heavy (non-hydrogen) atoms. The van der Waals surface area contributed by atoms with E-state index in [1.807, 2.05) is 4.98 Å². The molecular weight excluding hydrogens is 814 g/mol. The molecule has 1 aromatic heterocycles. The number of aromatic amines is 1. The van der Waals surface area contributed by atoms with Crippen LogP contribution in [0.15, 0.2) is 21.9 Å². The van der Waals surface area contributed by atoms with Crippen molar-refractivity contribution in [3.05, 3.63) is 33.1 Å². The lowest BCUT2D eigenvalue weighted by molar-refractivity contribution is -0.232. The Morgan fingerprint density at radius 2 is 1.50 bits per heavy atom. The van der Waals surface area contributed by atoms with Crippen LogP contribution in [0.5, 0.6) is 0 Å². The maximum atomic E-state index is 13.7. The molecule has 3 saturated heterocycles. The fourth-order valence-corrected chi connectivity index (χ4v) is 8.40. The van der Waals surface area contributed by atoms with E-state index in [2.05, 4.69) is 17.6 Å². The van der Waals surface area contributed by atoms with E-state index in [0.29, 0.717) is 6.42 Å². The van der Waals surface area contributed by atoms with Crippen molar-refractivity contribution in [1.82, 2.24) is 25.1 Å². The smallest absolute Gasteiger partial charge is 0.407 e. The van der Waals surface area contributed by atoms with Gasteiger partial charge in [-0.3, -0.25) is 33.6 Å². The Balaban J connectivity index is 1.51. The number of aliphatic hydroxyl groups excluding tert-OH is 5. The number of nitrogens with zero attached hydrogens (tertiary/aromatic N) is 2. The van der Waals surface area contributed by atoms with Gasteiger partial charge in [0, 0.05) is 38.3 Å². The lowest BCUT2D eigenvalue weighted by Gasteiger charge is -2.34. The van der Waals surface area contributed by atoms with E-state index in [-0.39, 0.29) is 25.9 Å². The van der Waals surface area contributed by atoms with Crippen LogP contribution in [0.25, 0.3) is 0 Å². The highest BCUT2D eigenvalue weighted by atomic mass is 16.7. The fraction of sp³-hybridized carbons (Fsp3) is 0.810. The first-order valence-electron chi connectivity index (χ1n) is 22.0. The quantitative estimate of drug-likeness (QED) is 0.0551. The maximum absolute atomic E-state index is 13.7. The molecule has 20 nitrogen and oxygen atoms in total. The molecule has 8 N–H and O–H groups in total. The monoisotopic (exact) mass is 883 g/mol. The maximum Gasteiger partial charge on any atom is 0.407 e. The van der Waals surface area contributed by atoms with Gasteiger partial charge < -0.3 is 55.1 Å². The second-order valence-electron chi connectivity index (χ2n) is 17.7. The van der Waals surface area contributed by atoms with Gasteiger partial charge in [-0.2, -0.15) is 0 Å². The minimum atomic E-state index is -1.87. The zero-order valence-corrected chi connectivity index (χ0v) is 36.8. The molecule has 3 aliphatic rings. The molecule has 1 aromatic rings. The number of nitrogens with one attached hydrogen (secondary N) is 3. The lowest BCUT2D eigenvalue weighted by Crippen LogP contribution is -2.51. The van der Waals surface area contributed by atoms with E-state index in [4.69, 9.17) is 18.9 Å². The number of H-pyrrole nitrogens is 1. The van der Waals surface area contributed by atoms with Crippen molar-refractivity contribution in [3.8, 4) is 0 Å². The van der Waals surface area contributed by atoms with Gasteiger partial charge in [0.2, 0.25) is 17.7 Å². The van der Waals surface area contributed by atoms with E-state index < -0.39 is 120 Å². The van der Waals surface area contributed by atoms with Gasteiger partial charge in [0.15, 0.2) is 12.5 Å². The predicted molar refractivity (Wildman–Crippen MR) is 221 cm³/mol. The summed E-state index contributed by atoms with van der Waals surface area (Å²) in [7, 11) is 1.31. The minimum absolute atomic E-state index is 0.223. The van der Waals surface area contributed by atoms with Crippen molar-refractivity contribution in [2.45, 2.75) is 179 Å². The molecule has 13 atom stereocenters. The molecule has 4 rings (SSSR count). The first kappa shape index (κ1) is 50.9. The first-order chi connectivity index (χ1) is 29.3. The van der Waals surface area contributed by atoms with Crippen LogP contribution in [-0.4, -0.2) is 145 Å². The number of carbonyl (C=O) groups is 4. The van der Waals surface area contributed by atoms with Crippen LogP contribution in [0.3, 0.4) is 0 Å². The zero-order chi connectivity index (χ0) is 45.9. The summed E-state index contributed by atoms with van der Waals surface area (Å²) >= 11 is 0. The third-order valence-corrected chi connectivity index (χ3v) is 11.8. The number of hydrogen-bond acceptors (Lipinski definition) is 15. The number of unbranched alkanes of at least 4 members (excludes halogenated alkanes) is 9. The van der Waals surface area contributed by atoms with Gasteiger partial charge in [-0.15, -0.1) is 0 Å². The van der Waals surface area contributed by atoms with Gasteiger partial charge >= 0.3 is 11.8 Å². The number of aliphatic hydroxyl groups is 5. The third kappa shape index (κ3) is 13.1. The molecule has 0 aliphatic carbocycles. The van der Waals surface area contributed by atoms with E-state index in [9.17, 15) is 54.3 Å². The van der Waals surface area contributed by atoms with Gasteiger partial charge in [-0.25, -0.2) is 9.59 Å². The van der Waals surface area contributed by atoms with Crippen molar-refractivity contribution >= 4 is 23.8 Å². The molecule has 3 aliphatic heterocycles. The van der Waals surface area contributed by atoms with E-state index in [0.717, 1.165) is 42.5 Å². The number of amides is 4. The van der Waals surface area contributed by atoms with Crippen LogP contribution < -0.4 is 21.9 Å². The summed E-state index contributed by atoms with van der Waals surface area (Å²) in [6.45, 7) is 8.58. The van der Waals surface area contributed by atoms with Crippen molar-refractivity contribution < 1.29 is 63.7 Å². The molecular formula is C42H69N5O15. The Kier molecular flexibility index (Phi) is 19.1. The van der Waals surface area contributed by atoms with Gasteiger partial charge in [0.05, 0.1) is 17.9 Å². The molecule has 4 amide bonds. The first-order valence-corrected chi connectivity index (χ1v) is 22.0. The fourth-order valence-electron chi connectivity index (χ4n) is 8.40. The average molecular weight is 884 g/mol. The molecule has 0 bridgehead atoms. The number of hydrogen-bond donors (Lipinski definition) is 8. The number of rotatable bonds is 23. The van der Waals surface area contributed by atoms with Crippen LogP contribution in [0, 0.1) is 17.8 Å². The van der Waals surface area contributed by atoms with Gasteiger partial charge in [0.25, 0.3) is 5.56 Å². The largest absolute Gasteiger partial charge is 0.444 e. The van der Waals surface area contributed by atoms with Crippen LogP contribution in [0.1, 0.15) is 118 Å². The molecule has 4 heterocycles. The molecule has 0 radical (unpaired) electrons. The Bertz CT molecular complexity index is 1750. The van der Waals surface area contributed by atoms with Gasteiger partial charge in [-0.1, -0.05) is 71.6 Å². The molecule has 3 fully saturated rings. The number of imide groups is 1. The molecule has 352 valence electrons. The molecule has 0 saturated carbocycles. The van der Waals surface area contributed by atoms with E-state index in [1.165, 1.54) is 44.1 Å².